The third kappa shape index (κ3) is 1.37. The van der Waals surface area contributed by atoms with Crippen LogP contribution in [0.25, 0.3) is 0 Å². The molecule has 3 rings (SSSR count). The van der Waals surface area contributed by atoms with Crippen molar-refractivity contribution in [2.75, 3.05) is 0 Å². The first-order valence-electron chi connectivity index (χ1n) is 5.58. The summed E-state index contributed by atoms with van der Waals surface area (Å²) in [5, 5.41) is 0.858. The Morgan fingerprint density at radius 3 is 2.36 bits per heavy atom. The van der Waals surface area contributed by atoms with Gasteiger partial charge in [0.15, 0.2) is 0 Å². The maximum Gasteiger partial charge on any atom is 0.0406 e. The van der Waals surface area contributed by atoms with Crippen LogP contribution in [0.4, 0.5) is 0 Å². The molecular formula is C13H15Cl. The minimum Gasteiger partial charge on any atom is -0.0843 e. The van der Waals surface area contributed by atoms with E-state index >= 15 is 0 Å². The molecule has 0 spiro atoms. The van der Waals surface area contributed by atoms with Gasteiger partial charge in [-0.25, -0.2) is 0 Å². The first kappa shape index (κ1) is 8.79. The molecule has 0 N–H and O–H groups in total. The van der Waals surface area contributed by atoms with Crippen molar-refractivity contribution < 1.29 is 0 Å². The van der Waals surface area contributed by atoms with E-state index in [9.17, 15) is 0 Å². The molecule has 2 aliphatic carbocycles. The number of benzene rings is 1. The summed E-state index contributed by atoms with van der Waals surface area (Å²) in [7, 11) is 0. The lowest BCUT2D eigenvalue weighted by Crippen LogP contribution is -2.07. The van der Waals surface area contributed by atoms with Crippen LogP contribution in [-0.2, 0) is 0 Å². The van der Waals surface area contributed by atoms with Gasteiger partial charge in [-0.05, 0) is 54.7 Å². The van der Waals surface area contributed by atoms with Crippen LogP contribution in [0, 0.1) is 11.8 Å². The van der Waals surface area contributed by atoms with Gasteiger partial charge in [0, 0.05) is 5.02 Å². The highest BCUT2D eigenvalue weighted by Crippen LogP contribution is 2.52. The Labute approximate surface area is 90.3 Å². The fraction of sp³-hybridized carbons (Fsp3) is 0.538. The van der Waals surface area contributed by atoms with E-state index in [-0.39, 0.29) is 0 Å². The lowest BCUT2D eigenvalue weighted by atomic mass is 9.83. The van der Waals surface area contributed by atoms with Crippen molar-refractivity contribution in [3.05, 3.63) is 34.9 Å². The number of rotatable bonds is 1. The van der Waals surface area contributed by atoms with E-state index in [0.717, 1.165) is 22.8 Å². The Balaban J connectivity index is 1.86. The molecule has 1 heteroatoms. The number of hydrogen-bond acceptors (Lipinski definition) is 0. The minimum atomic E-state index is 0.839. The summed E-state index contributed by atoms with van der Waals surface area (Å²) in [6.45, 7) is 0. The first-order chi connectivity index (χ1) is 6.83. The second-order valence-corrected chi connectivity index (χ2v) is 5.27. The molecule has 14 heavy (non-hydrogen) atoms. The number of halogens is 1. The highest BCUT2D eigenvalue weighted by molar-refractivity contribution is 6.30. The fourth-order valence-corrected chi connectivity index (χ4v) is 3.49. The van der Waals surface area contributed by atoms with Gasteiger partial charge >= 0.3 is 0 Å². The van der Waals surface area contributed by atoms with E-state index in [2.05, 4.69) is 12.1 Å². The minimum absolute atomic E-state index is 0.839. The number of fused-ring (bicyclic) bond motifs is 2. The Morgan fingerprint density at radius 2 is 1.79 bits per heavy atom. The molecule has 2 aliphatic rings. The highest BCUT2D eigenvalue weighted by Gasteiger charge is 2.39. The van der Waals surface area contributed by atoms with Crippen LogP contribution in [0.5, 0.6) is 0 Å². The van der Waals surface area contributed by atoms with Gasteiger partial charge in [0.25, 0.3) is 0 Å². The van der Waals surface area contributed by atoms with E-state index in [1.54, 1.807) is 0 Å². The summed E-state index contributed by atoms with van der Waals surface area (Å²) in [6.07, 6.45) is 5.84. The zero-order valence-electron chi connectivity index (χ0n) is 8.25. The van der Waals surface area contributed by atoms with Crippen molar-refractivity contribution in [2.45, 2.75) is 31.6 Å². The summed E-state index contributed by atoms with van der Waals surface area (Å²) >= 11 is 5.90. The molecule has 3 atom stereocenters. The topological polar surface area (TPSA) is 0 Å². The molecule has 74 valence electrons. The van der Waals surface area contributed by atoms with E-state index in [4.69, 9.17) is 11.6 Å². The average molecular weight is 207 g/mol. The molecule has 1 aromatic carbocycles. The third-order valence-electron chi connectivity index (χ3n) is 4.04. The van der Waals surface area contributed by atoms with Crippen molar-refractivity contribution in [1.82, 2.24) is 0 Å². The van der Waals surface area contributed by atoms with Gasteiger partial charge in [-0.3, -0.25) is 0 Å². The van der Waals surface area contributed by atoms with Crippen LogP contribution in [0.3, 0.4) is 0 Å². The monoisotopic (exact) mass is 206 g/mol. The summed E-state index contributed by atoms with van der Waals surface area (Å²) in [5.41, 5.74) is 1.52. The molecule has 0 radical (unpaired) electrons. The molecule has 0 heterocycles. The van der Waals surface area contributed by atoms with Crippen LogP contribution >= 0.6 is 11.6 Å². The summed E-state index contributed by atoms with van der Waals surface area (Å²) in [5.74, 6) is 2.84. The van der Waals surface area contributed by atoms with Crippen LogP contribution < -0.4 is 0 Å². The molecule has 0 unspecified atom stereocenters. The molecule has 0 aliphatic heterocycles. The van der Waals surface area contributed by atoms with Crippen molar-refractivity contribution in [1.29, 1.82) is 0 Å². The van der Waals surface area contributed by atoms with Crippen molar-refractivity contribution >= 4 is 11.6 Å². The molecule has 0 nitrogen and oxygen atoms in total. The van der Waals surface area contributed by atoms with Crippen LogP contribution in [-0.4, -0.2) is 0 Å². The SMILES string of the molecule is Clc1ccc([C@@H]2C[C@H]3CC[C@@H]2C3)cc1. The van der Waals surface area contributed by atoms with Gasteiger partial charge in [-0.1, -0.05) is 30.2 Å². The second-order valence-electron chi connectivity index (χ2n) is 4.83. The van der Waals surface area contributed by atoms with Gasteiger partial charge in [-0.15, -0.1) is 0 Å². The van der Waals surface area contributed by atoms with Crippen LogP contribution in [0.15, 0.2) is 24.3 Å². The zero-order chi connectivity index (χ0) is 9.54. The first-order valence-corrected chi connectivity index (χ1v) is 5.96. The Kier molecular flexibility index (Phi) is 2.05. The lowest BCUT2D eigenvalue weighted by Gasteiger charge is -2.21. The fourth-order valence-electron chi connectivity index (χ4n) is 3.36. The molecule has 0 aromatic heterocycles. The zero-order valence-corrected chi connectivity index (χ0v) is 9.00. The molecule has 2 saturated carbocycles. The Bertz CT molecular complexity index is 328. The number of hydrogen-bond donors (Lipinski definition) is 0. The largest absolute Gasteiger partial charge is 0.0843 e. The van der Waals surface area contributed by atoms with E-state index in [1.165, 1.54) is 31.2 Å². The summed E-state index contributed by atoms with van der Waals surface area (Å²) in [6, 6.07) is 8.49. The van der Waals surface area contributed by atoms with Gasteiger partial charge < -0.3 is 0 Å². The van der Waals surface area contributed by atoms with Crippen molar-refractivity contribution in [2.24, 2.45) is 11.8 Å². The summed E-state index contributed by atoms with van der Waals surface area (Å²) < 4.78 is 0. The van der Waals surface area contributed by atoms with Crippen molar-refractivity contribution in [3.63, 3.8) is 0 Å². The van der Waals surface area contributed by atoms with Gasteiger partial charge in [-0.2, -0.15) is 0 Å². The Morgan fingerprint density at radius 1 is 1.00 bits per heavy atom. The average Bonchev–Trinajstić information content (AvgIpc) is 2.80. The van der Waals surface area contributed by atoms with E-state index in [0.29, 0.717) is 0 Å². The van der Waals surface area contributed by atoms with Gasteiger partial charge in [0.2, 0.25) is 0 Å². The van der Waals surface area contributed by atoms with E-state index in [1.807, 2.05) is 12.1 Å². The maximum atomic E-state index is 5.90. The van der Waals surface area contributed by atoms with Gasteiger partial charge in [0.05, 0.1) is 0 Å². The molecule has 0 saturated heterocycles. The lowest BCUT2D eigenvalue weighted by molar-refractivity contribution is 0.420. The molecule has 0 amide bonds. The molecular weight excluding hydrogens is 192 g/mol. The van der Waals surface area contributed by atoms with Gasteiger partial charge in [0.1, 0.15) is 0 Å². The highest BCUT2D eigenvalue weighted by atomic mass is 35.5. The van der Waals surface area contributed by atoms with Crippen molar-refractivity contribution in [3.8, 4) is 0 Å². The molecule has 2 fully saturated rings. The smallest absolute Gasteiger partial charge is 0.0406 e. The van der Waals surface area contributed by atoms with Crippen LogP contribution in [0.2, 0.25) is 5.02 Å². The third-order valence-corrected chi connectivity index (χ3v) is 4.29. The summed E-state index contributed by atoms with van der Waals surface area (Å²) in [4.78, 5) is 0. The molecule has 2 bridgehead atoms. The predicted molar refractivity (Wildman–Crippen MR) is 59.6 cm³/mol. The Hall–Kier alpha value is -0.490. The maximum absolute atomic E-state index is 5.90. The predicted octanol–water partition coefficient (Wildman–Crippen LogP) is 4.24. The van der Waals surface area contributed by atoms with Crippen LogP contribution in [0.1, 0.15) is 37.2 Å². The normalized spacial score (nSPS) is 35.1. The van der Waals surface area contributed by atoms with E-state index < -0.39 is 0 Å². The molecule has 1 aromatic rings. The second kappa shape index (κ2) is 3.27. The standard InChI is InChI=1S/C13H15Cl/c14-12-5-3-10(4-6-12)13-8-9-1-2-11(13)7-9/h3-6,9,11,13H,1-2,7-8H2/t9-,11+,13-/m0/s1. The quantitative estimate of drug-likeness (QED) is 0.645.